The van der Waals surface area contributed by atoms with Gasteiger partial charge in [0.25, 0.3) is 0 Å². The Morgan fingerprint density at radius 1 is 0.958 bits per heavy atom. The molecule has 0 heterocycles. The summed E-state index contributed by atoms with van der Waals surface area (Å²) in [6.07, 6.45) is 0.606. The molecule has 0 radical (unpaired) electrons. The fourth-order valence-electron chi connectivity index (χ4n) is 2.88. The Labute approximate surface area is 137 Å². The van der Waals surface area contributed by atoms with Gasteiger partial charge in [0, 0.05) is 0 Å². The zero-order valence-corrected chi connectivity index (χ0v) is 12.6. The van der Waals surface area contributed by atoms with E-state index in [9.17, 15) is 19.2 Å². The lowest BCUT2D eigenvalue weighted by Crippen LogP contribution is -2.49. The monoisotopic (exact) mass is 336 g/mol. The number of carboxylic acid groups (broad SMARTS) is 2. The predicted molar refractivity (Wildman–Crippen MR) is 77.8 cm³/mol. The number of carbonyl (C=O) groups is 4. The number of carbonyl (C=O) groups excluding carboxylic acids is 2. The van der Waals surface area contributed by atoms with Crippen LogP contribution in [0.1, 0.15) is 31.2 Å². The molecular weight excluding hydrogens is 320 g/mol. The third-order valence-corrected chi connectivity index (χ3v) is 3.92. The number of benzene rings is 1. The van der Waals surface area contributed by atoms with Crippen LogP contribution in [0.3, 0.4) is 0 Å². The van der Waals surface area contributed by atoms with Gasteiger partial charge < -0.3 is 19.7 Å². The second-order valence-corrected chi connectivity index (χ2v) is 5.40. The molecule has 0 aliphatic heterocycles. The summed E-state index contributed by atoms with van der Waals surface area (Å²) in [5.41, 5.74) is -1.08. The van der Waals surface area contributed by atoms with E-state index in [1.165, 1.54) is 0 Å². The van der Waals surface area contributed by atoms with Crippen LogP contribution in [-0.2, 0) is 34.3 Å². The lowest BCUT2D eigenvalue weighted by atomic mass is 9.77. The summed E-state index contributed by atoms with van der Waals surface area (Å²) in [4.78, 5) is 44.8. The van der Waals surface area contributed by atoms with Crippen molar-refractivity contribution in [1.29, 1.82) is 0 Å². The fraction of sp³-hybridized carbons (Fsp3) is 0.375. The molecule has 0 aromatic heterocycles. The van der Waals surface area contributed by atoms with E-state index in [1.54, 1.807) is 30.3 Å². The number of rotatable bonds is 3. The first-order chi connectivity index (χ1) is 11.4. The molecule has 1 aliphatic rings. The summed E-state index contributed by atoms with van der Waals surface area (Å²) >= 11 is 0. The number of ether oxygens (including phenoxy) is 2. The standard InChI is InChI=1S/C16H16O8/c17-12(18)14(21)23-11-8-4-5-9-16(11,24-15(22)13(19)20)10-6-2-1-3-7-10/h1-3,6-7,11H,4-5,8-9H2,(H,17,18)(H,19,20). The molecule has 2 N–H and O–H groups in total. The summed E-state index contributed by atoms with van der Waals surface area (Å²) < 4.78 is 10.2. The average Bonchev–Trinajstić information content (AvgIpc) is 2.57. The van der Waals surface area contributed by atoms with Gasteiger partial charge in [0.15, 0.2) is 5.60 Å². The van der Waals surface area contributed by atoms with Crippen LogP contribution in [0.4, 0.5) is 0 Å². The van der Waals surface area contributed by atoms with Crippen LogP contribution in [0, 0.1) is 0 Å². The maximum atomic E-state index is 11.7. The van der Waals surface area contributed by atoms with Crippen molar-refractivity contribution in [3.05, 3.63) is 35.9 Å². The van der Waals surface area contributed by atoms with E-state index < -0.39 is 35.6 Å². The molecule has 0 spiro atoms. The molecule has 0 amide bonds. The molecule has 1 aromatic carbocycles. The molecule has 24 heavy (non-hydrogen) atoms. The fourth-order valence-corrected chi connectivity index (χ4v) is 2.88. The van der Waals surface area contributed by atoms with E-state index in [2.05, 4.69) is 0 Å². The first-order valence-electron chi connectivity index (χ1n) is 7.32. The van der Waals surface area contributed by atoms with Crippen LogP contribution in [0.5, 0.6) is 0 Å². The Bertz CT molecular complexity index is 653. The second-order valence-electron chi connectivity index (χ2n) is 5.40. The van der Waals surface area contributed by atoms with E-state index in [1.807, 2.05) is 0 Å². The maximum Gasteiger partial charge on any atom is 0.418 e. The molecule has 1 aromatic rings. The van der Waals surface area contributed by atoms with Crippen molar-refractivity contribution < 1.29 is 38.9 Å². The van der Waals surface area contributed by atoms with Crippen LogP contribution in [0.15, 0.2) is 30.3 Å². The Morgan fingerprint density at radius 3 is 2.17 bits per heavy atom. The van der Waals surface area contributed by atoms with Crippen LogP contribution in [-0.4, -0.2) is 40.2 Å². The minimum atomic E-state index is -1.78. The minimum absolute atomic E-state index is 0.216. The molecule has 0 bridgehead atoms. The normalized spacial score (nSPS) is 23.1. The van der Waals surface area contributed by atoms with Gasteiger partial charge in [-0.1, -0.05) is 30.3 Å². The lowest BCUT2D eigenvalue weighted by Gasteiger charge is -2.42. The van der Waals surface area contributed by atoms with Crippen molar-refractivity contribution >= 4 is 23.9 Å². The molecule has 8 nitrogen and oxygen atoms in total. The number of esters is 2. The highest BCUT2D eigenvalue weighted by atomic mass is 16.6. The quantitative estimate of drug-likeness (QED) is 0.620. The third-order valence-electron chi connectivity index (χ3n) is 3.92. The van der Waals surface area contributed by atoms with Crippen molar-refractivity contribution in [3.8, 4) is 0 Å². The molecule has 0 saturated heterocycles. The zero-order chi connectivity index (χ0) is 17.7. The van der Waals surface area contributed by atoms with Crippen LogP contribution < -0.4 is 0 Å². The largest absolute Gasteiger partial charge is 0.473 e. The van der Waals surface area contributed by atoms with Crippen LogP contribution in [0.25, 0.3) is 0 Å². The summed E-state index contributed by atoms with van der Waals surface area (Å²) in [6.45, 7) is 0. The maximum absolute atomic E-state index is 11.7. The van der Waals surface area contributed by atoms with Gasteiger partial charge in [-0.25, -0.2) is 19.2 Å². The topological polar surface area (TPSA) is 127 Å². The van der Waals surface area contributed by atoms with E-state index in [4.69, 9.17) is 19.7 Å². The molecule has 128 valence electrons. The zero-order valence-electron chi connectivity index (χ0n) is 12.6. The van der Waals surface area contributed by atoms with Crippen molar-refractivity contribution in [2.75, 3.05) is 0 Å². The van der Waals surface area contributed by atoms with Gasteiger partial charge in [0.05, 0.1) is 0 Å². The van der Waals surface area contributed by atoms with Crippen molar-refractivity contribution in [2.24, 2.45) is 0 Å². The highest BCUT2D eigenvalue weighted by molar-refractivity contribution is 6.29. The van der Waals surface area contributed by atoms with E-state index in [0.29, 0.717) is 18.4 Å². The van der Waals surface area contributed by atoms with Gasteiger partial charge in [-0.2, -0.15) is 0 Å². The Morgan fingerprint density at radius 2 is 1.58 bits per heavy atom. The van der Waals surface area contributed by atoms with Crippen LogP contribution in [0.2, 0.25) is 0 Å². The summed E-state index contributed by atoms with van der Waals surface area (Å²) in [5.74, 6) is -6.52. The van der Waals surface area contributed by atoms with Crippen molar-refractivity contribution in [3.63, 3.8) is 0 Å². The lowest BCUT2D eigenvalue weighted by molar-refractivity contribution is -0.202. The van der Waals surface area contributed by atoms with Gasteiger partial charge in [-0.05, 0) is 31.2 Å². The highest BCUT2D eigenvalue weighted by Gasteiger charge is 2.49. The summed E-state index contributed by atoms with van der Waals surface area (Å²) in [5, 5.41) is 17.6. The van der Waals surface area contributed by atoms with Gasteiger partial charge in [0.2, 0.25) is 0 Å². The first kappa shape index (κ1) is 17.5. The Hall–Kier alpha value is -2.90. The molecule has 2 rings (SSSR count). The van der Waals surface area contributed by atoms with E-state index in [0.717, 1.165) is 0 Å². The van der Waals surface area contributed by atoms with Gasteiger partial charge in [-0.3, -0.25) is 0 Å². The summed E-state index contributed by atoms with van der Waals surface area (Å²) in [6, 6.07) is 8.27. The minimum Gasteiger partial charge on any atom is -0.473 e. The molecule has 1 fully saturated rings. The molecular formula is C16H16O8. The van der Waals surface area contributed by atoms with Gasteiger partial charge >= 0.3 is 23.9 Å². The molecule has 1 aliphatic carbocycles. The molecule has 8 heteroatoms. The van der Waals surface area contributed by atoms with Crippen LogP contribution >= 0.6 is 0 Å². The van der Waals surface area contributed by atoms with E-state index in [-0.39, 0.29) is 12.8 Å². The second kappa shape index (κ2) is 7.12. The number of hydrogen-bond acceptors (Lipinski definition) is 6. The van der Waals surface area contributed by atoms with Crippen molar-refractivity contribution in [1.82, 2.24) is 0 Å². The number of carboxylic acids is 2. The Balaban J connectivity index is 2.44. The smallest absolute Gasteiger partial charge is 0.418 e. The van der Waals surface area contributed by atoms with Crippen molar-refractivity contribution in [2.45, 2.75) is 37.4 Å². The third kappa shape index (κ3) is 3.53. The Kier molecular flexibility index (Phi) is 5.18. The van der Waals surface area contributed by atoms with Gasteiger partial charge in [0.1, 0.15) is 6.10 Å². The molecule has 2 atom stereocenters. The SMILES string of the molecule is O=C(O)C(=O)OC1CCCCC1(OC(=O)C(=O)O)c1ccccc1. The molecule has 2 unspecified atom stereocenters. The summed E-state index contributed by atoms with van der Waals surface area (Å²) in [7, 11) is 0. The first-order valence-corrected chi connectivity index (χ1v) is 7.32. The molecule has 1 saturated carbocycles. The predicted octanol–water partition coefficient (Wildman–Crippen LogP) is 1.08. The number of aliphatic carboxylic acids is 2. The van der Waals surface area contributed by atoms with E-state index >= 15 is 0 Å². The average molecular weight is 336 g/mol. The number of hydrogen-bond donors (Lipinski definition) is 2. The van der Waals surface area contributed by atoms with Gasteiger partial charge in [-0.15, -0.1) is 0 Å². The highest BCUT2D eigenvalue weighted by Crippen LogP contribution is 2.42.